The second-order valence-electron chi connectivity index (χ2n) is 14.4. The van der Waals surface area contributed by atoms with Crippen LogP contribution in [-0.4, -0.2) is 0 Å². The van der Waals surface area contributed by atoms with Crippen LogP contribution in [0.3, 0.4) is 0 Å². The molecule has 0 spiro atoms. The normalized spacial score (nSPS) is 16.0. The molecule has 0 aromatic heterocycles. The summed E-state index contributed by atoms with van der Waals surface area (Å²) < 4.78 is 0. The lowest BCUT2D eigenvalue weighted by atomic mass is 9.75. The van der Waals surface area contributed by atoms with Gasteiger partial charge in [-0.25, -0.2) is 0 Å². The highest BCUT2D eigenvalue weighted by Crippen LogP contribution is 2.47. The van der Waals surface area contributed by atoms with Crippen molar-refractivity contribution in [1.82, 2.24) is 0 Å². The standard InChI is InChI=1S/C55H42/c1-39(49-33-31-47(40-19-7-2-8-20-40)36-52(49)42-23-11-4-12-24-42)51-35-45-29-17-18-30-46(45)38-54(51)55(44-27-15-6-16-28-44)50-34-32-48(41-21-9-3-10-22-41)37-53(50)43-25-13-5-14-26-43/h2-27,29-31,33-38,48H,1,28,32H2/b55-44-. The molecule has 2 aliphatic rings. The summed E-state index contributed by atoms with van der Waals surface area (Å²) >= 11 is 0. The Morgan fingerprint density at radius 3 is 1.76 bits per heavy atom. The lowest BCUT2D eigenvalue weighted by Gasteiger charge is -2.28. The maximum absolute atomic E-state index is 4.96. The van der Waals surface area contributed by atoms with Gasteiger partial charge in [0.05, 0.1) is 0 Å². The lowest BCUT2D eigenvalue weighted by molar-refractivity contribution is 0.853. The molecule has 0 nitrogen and oxygen atoms in total. The predicted molar refractivity (Wildman–Crippen MR) is 236 cm³/mol. The van der Waals surface area contributed by atoms with Gasteiger partial charge in [0.1, 0.15) is 0 Å². The van der Waals surface area contributed by atoms with E-state index in [0.717, 1.165) is 29.5 Å². The summed E-state index contributed by atoms with van der Waals surface area (Å²) in [4.78, 5) is 0. The average molecular weight is 703 g/mol. The highest BCUT2D eigenvalue weighted by atomic mass is 14.3. The molecule has 262 valence electrons. The van der Waals surface area contributed by atoms with Crippen LogP contribution in [0.15, 0.2) is 230 Å². The molecule has 1 unspecified atom stereocenters. The monoisotopic (exact) mass is 702 g/mol. The minimum atomic E-state index is 0.288. The van der Waals surface area contributed by atoms with Gasteiger partial charge in [-0.1, -0.05) is 201 Å². The Labute approximate surface area is 325 Å². The molecule has 0 saturated heterocycles. The molecule has 0 radical (unpaired) electrons. The molecule has 0 saturated carbocycles. The second kappa shape index (κ2) is 15.3. The number of fused-ring (bicyclic) bond motifs is 1. The first kappa shape index (κ1) is 34.0. The minimum Gasteiger partial charge on any atom is -0.0905 e. The Balaban J connectivity index is 1.27. The van der Waals surface area contributed by atoms with Crippen LogP contribution < -0.4 is 0 Å². The summed E-state index contributed by atoms with van der Waals surface area (Å²) in [6.07, 6.45) is 15.7. The van der Waals surface area contributed by atoms with Crippen LogP contribution in [0.5, 0.6) is 0 Å². The fourth-order valence-corrected chi connectivity index (χ4v) is 8.26. The molecule has 0 fully saturated rings. The van der Waals surface area contributed by atoms with Crippen molar-refractivity contribution in [2.45, 2.75) is 18.8 Å². The number of hydrogen-bond acceptors (Lipinski definition) is 0. The molecule has 0 bridgehead atoms. The molecule has 0 N–H and O–H groups in total. The second-order valence-corrected chi connectivity index (χ2v) is 14.4. The zero-order valence-corrected chi connectivity index (χ0v) is 30.9. The molecule has 1 atom stereocenters. The van der Waals surface area contributed by atoms with E-state index in [0.29, 0.717) is 0 Å². The summed E-state index contributed by atoms with van der Waals surface area (Å²) in [6.45, 7) is 4.96. The summed E-state index contributed by atoms with van der Waals surface area (Å²) in [5.41, 5.74) is 16.9. The van der Waals surface area contributed by atoms with Crippen LogP contribution in [0, 0.1) is 0 Å². The Kier molecular flexibility index (Phi) is 9.47. The topological polar surface area (TPSA) is 0 Å². The van der Waals surface area contributed by atoms with E-state index in [1.807, 2.05) is 0 Å². The fraction of sp³-hybridized carbons (Fsp3) is 0.0545. The highest BCUT2D eigenvalue weighted by Gasteiger charge is 2.27. The van der Waals surface area contributed by atoms with E-state index in [1.54, 1.807) is 0 Å². The van der Waals surface area contributed by atoms with E-state index in [2.05, 4.69) is 212 Å². The van der Waals surface area contributed by atoms with Gasteiger partial charge in [-0.15, -0.1) is 0 Å². The molecule has 0 heteroatoms. The molecule has 7 aromatic rings. The van der Waals surface area contributed by atoms with Crippen LogP contribution in [-0.2, 0) is 0 Å². The van der Waals surface area contributed by atoms with Gasteiger partial charge in [0.2, 0.25) is 0 Å². The Bertz CT molecular complexity index is 2670. The van der Waals surface area contributed by atoms with E-state index >= 15 is 0 Å². The van der Waals surface area contributed by atoms with E-state index in [9.17, 15) is 0 Å². The first-order valence-corrected chi connectivity index (χ1v) is 19.3. The summed E-state index contributed by atoms with van der Waals surface area (Å²) in [5, 5.41) is 2.42. The van der Waals surface area contributed by atoms with Crippen molar-refractivity contribution in [3.05, 3.63) is 258 Å². The molecule has 0 heterocycles. The highest BCUT2D eigenvalue weighted by molar-refractivity contribution is 6.06. The Hall–Kier alpha value is -6.76. The number of hydrogen-bond donors (Lipinski definition) is 0. The smallest absolute Gasteiger partial charge is 0.00622 e. The van der Waals surface area contributed by atoms with Gasteiger partial charge < -0.3 is 0 Å². The SMILES string of the molecule is C=C(c1cc2ccccc2cc1/C(C1=CCC(c2ccccc2)C=C1c1ccccc1)=C1/C=CC=CC1)c1ccc(-c2ccccc2)cc1-c1ccccc1. The first-order valence-electron chi connectivity index (χ1n) is 19.3. The van der Waals surface area contributed by atoms with Gasteiger partial charge in [-0.2, -0.15) is 0 Å². The van der Waals surface area contributed by atoms with E-state index in [4.69, 9.17) is 6.58 Å². The number of allylic oxidation sites excluding steroid dienone is 10. The van der Waals surface area contributed by atoms with Crippen molar-refractivity contribution in [3.63, 3.8) is 0 Å². The number of benzene rings is 7. The largest absolute Gasteiger partial charge is 0.0905 e. The molecule has 9 rings (SSSR count). The Morgan fingerprint density at radius 2 is 1.11 bits per heavy atom. The zero-order valence-electron chi connectivity index (χ0n) is 30.9. The van der Waals surface area contributed by atoms with Gasteiger partial charge in [0.15, 0.2) is 0 Å². The van der Waals surface area contributed by atoms with Crippen molar-refractivity contribution in [1.29, 1.82) is 0 Å². The zero-order chi connectivity index (χ0) is 37.0. The van der Waals surface area contributed by atoms with Crippen LogP contribution in [0.25, 0.3) is 49.7 Å². The first-order chi connectivity index (χ1) is 27.2. The predicted octanol–water partition coefficient (Wildman–Crippen LogP) is 14.7. The van der Waals surface area contributed by atoms with Crippen molar-refractivity contribution in [3.8, 4) is 22.3 Å². The van der Waals surface area contributed by atoms with Crippen molar-refractivity contribution < 1.29 is 0 Å². The van der Waals surface area contributed by atoms with Crippen molar-refractivity contribution in [2.24, 2.45) is 0 Å². The average Bonchev–Trinajstić information content (AvgIpc) is 3.27. The molecule has 0 amide bonds. The van der Waals surface area contributed by atoms with E-state index in [-0.39, 0.29) is 5.92 Å². The quantitative estimate of drug-likeness (QED) is 0.148. The summed E-state index contributed by atoms with van der Waals surface area (Å²) in [7, 11) is 0. The third-order valence-corrected chi connectivity index (χ3v) is 11.0. The maximum atomic E-state index is 4.96. The maximum Gasteiger partial charge on any atom is 0.00622 e. The lowest BCUT2D eigenvalue weighted by Crippen LogP contribution is -2.08. The Morgan fingerprint density at radius 1 is 0.509 bits per heavy atom. The van der Waals surface area contributed by atoms with Crippen LogP contribution in [0.4, 0.5) is 0 Å². The molecule has 2 aliphatic carbocycles. The molecule has 7 aromatic carbocycles. The third kappa shape index (κ3) is 6.92. The van der Waals surface area contributed by atoms with E-state index in [1.165, 1.54) is 72.0 Å². The summed E-state index contributed by atoms with van der Waals surface area (Å²) in [6, 6.07) is 63.7. The van der Waals surface area contributed by atoms with Gasteiger partial charge in [-0.3, -0.25) is 0 Å². The van der Waals surface area contributed by atoms with Gasteiger partial charge in [0.25, 0.3) is 0 Å². The van der Waals surface area contributed by atoms with Crippen LogP contribution in [0.1, 0.15) is 46.6 Å². The minimum absolute atomic E-state index is 0.288. The number of rotatable bonds is 8. The molecular weight excluding hydrogens is 661 g/mol. The van der Waals surface area contributed by atoms with Gasteiger partial charge >= 0.3 is 0 Å². The molecule has 0 aliphatic heterocycles. The van der Waals surface area contributed by atoms with Crippen LogP contribution in [0.2, 0.25) is 0 Å². The fourth-order valence-electron chi connectivity index (χ4n) is 8.26. The molecular formula is C55H42. The van der Waals surface area contributed by atoms with Crippen molar-refractivity contribution >= 4 is 27.5 Å². The molecule has 55 heavy (non-hydrogen) atoms. The van der Waals surface area contributed by atoms with Gasteiger partial charge in [-0.05, 0) is 120 Å². The summed E-state index contributed by atoms with van der Waals surface area (Å²) in [5.74, 6) is 0.288. The third-order valence-electron chi connectivity index (χ3n) is 11.0. The van der Waals surface area contributed by atoms with Crippen LogP contribution >= 0.6 is 0 Å². The van der Waals surface area contributed by atoms with Crippen molar-refractivity contribution in [2.75, 3.05) is 0 Å². The van der Waals surface area contributed by atoms with E-state index < -0.39 is 0 Å². The van der Waals surface area contributed by atoms with Gasteiger partial charge in [0, 0.05) is 5.92 Å².